The molecule has 0 radical (unpaired) electrons. The van der Waals surface area contributed by atoms with E-state index in [0.717, 1.165) is 4.47 Å². The normalized spacial score (nSPS) is 11.4. The number of rotatable bonds is 4. The van der Waals surface area contributed by atoms with Crippen molar-refractivity contribution in [3.63, 3.8) is 0 Å². The maximum absolute atomic E-state index is 12.3. The third-order valence-electron chi connectivity index (χ3n) is 2.46. The van der Waals surface area contributed by atoms with Crippen molar-refractivity contribution < 1.29 is 10.0 Å². The number of oxime groups is 1. The first-order valence-corrected chi connectivity index (χ1v) is 7.57. The van der Waals surface area contributed by atoms with Gasteiger partial charge in [-0.2, -0.15) is 0 Å². The Morgan fingerprint density at radius 3 is 2.85 bits per heavy atom. The number of aromatic nitrogens is 2. The number of thioether (sulfide) groups is 1. The number of carbonyl (C=O) groups excluding carboxylic acids is 1. The topological polar surface area (TPSA) is 75.4 Å². The minimum absolute atomic E-state index is 0.110. The second-order valence-corrected chi connectivity index (χ2v) is 5.41. The van der Waals surface area contributed by atoms with Crippen molar-refractivity contribution in [2.24, 2.45) is 5.16 Å². The summed E-state index contributed by atoms with van der Waals surface area (Å²) in [6.45, 7) is 0. The van der Waals surface area contributed by atoms with Crippen LogP contribution in [0.15, 0.2) is 51.3 Å². The van der Waals surface area contributed by atoms with E-state index in [4.69, 9.17) is 5.21 Å². The van der Waals surface area contributed by atoms with Crippen LogP contribution in [-0.4, -0.2) is 32.9 Å². The third kappa shape index (κ3) is 3.23. The number of nitrogens with zero attached hydrogens (tertiary/aromatic N) is 3. The van der Waals surface area contributed by atoms with Crippen LogP contribution in [0.5, 0.6) is 0 Å². The Balaban J connectivity index is 2.40. The van der Waals surface area contributed by atoms with Crippen LogP contribution < -0.4 is 0 Å². The van der Waals surface area contributed by atoms with E-state index in [1.165, 1.54) is 24.0 Å². The van der Waals surface area contributed by atoms with E-state index >= 15 is 0 Å². The molecule has 0 atom stereocenters. The molecule has 0 bridgehead atoms. The Labute approximate surface area is 128 Å². The highest BCUT2D eigenvalue weighted by Crippen LogP contribution is 2.15. The molecule has 102 valence electrons. The molecule has 20 heavy (non-hydrogen) atoms. The first-order chi connectivity index (χ1) is 9.65. The maximum atomic E-state index is 12.3. The number of carbonyl (C=O) groups is 1. The minimum atomic E-state index is -0.403. The first-order valence-electron chi connectivity index (χ1n) is 5.55. The van der Waals surface area contributed by atoms with Crippen molar-refractivity contribution in [2.45, 2.75) is 5.16 Å². The van der Waals surface area contributed by atoms with E-state index in [1.54, 1.807) is 18.2 Å². The quantitative estimate of drug-likeness (QED) is 0.229. The Kier molecular flexibility index (Phi) is 4.86. The molecule has 0 aliphatic carbocycles. The fourth-order valence-electron chi connectivity index (χ4n) is 1.55. The second-order valence-electron chi connectivity index (χ2n) is 3.72. The summed E-state index contributed by atoms with van der Waals surface area (Å²) in [5.41, 5.74) is 0.592. The Morgan fingerprint density at radius 2 is 2.20 bits per heavy atom. The van der Waals surface area contributed by atoms with Crippen LogP contribution in [0, 0.1) is 0 Å². The van der Waals surface area contributed by atoms with Gasteiger partial charge in [-0.1, -0.05) is 45.0 Å². The second kappa shape index (κ2) is 6.62. The van der Waals surface area contributed by atoms with Crippen molar-refractivity contribution in [2.75, 3.05) is 6.26 Å². The van der Waals surface area contributed by atoms with Gasteiger partial charge >= 0.3 is 0 Å². The van der Waals surface area contributed by atoms with Gasteiger partial charge in [0.2, 0.25) is 5.78 Å². The standard InChI is InChI=1S/C13H10BrN3O2S/c1-20-13-15-6-5-10(16-13)11(17-19)12(18)8-3-2-4-9(14)7-8/h2-7,19H,1H3/b17-11+. The highest BCUT2D eigenvalue weighted by Gasteiger charge is 2.19. The molecule has 1 heterocycles. The highest BCUT2D eigenvalue weighted by atomic mass is 79.9. The minimum Gasteiger partial charge on any atom is -0.410 e. The molecule has 0 aliphatic heterocycles. The van der Waals surface area contributed by atoms with Gasteiger partial charge in [-0.05, 0) is 24.5 Å². The summed E-state index contributed by atoms with van der Waals surface area (Å²) in [7, 11) is 0. The van der Waals surface area contributed by atoms with E-state index < -0.39 is 5.78 Å². The zero-order valence-electron chi connectivity index (χ0n) is 10.4. The summed E-state index contributed by atoms with van der Waals surface area (Å²) >= 11 is 4.64. The van der Waals surface area contributed by atoms with Gasteiger partial charge in [-0.15, -0.1) is 0 Å². The predicted octanol–water partition coefficient (Wildman–Crippen LogP) is 3.02. The van der Waals surface area contributed by atoms with Gasteiger partial charge in [0.05, 0.1) is 0 Å². The number of Topliss-reactive ketones (excluding diaryl/α,β-unsaturated/α-hetero) is 1. The first kappa shape index (κ1) is 14.7. The van der Waals surface area contributed by atoms with Gasteiger partial charge in [0, 0.05) is 16.2 Å². The summed E-state index contributed by atoms with van der Waals surface area (Å²) in [4.78, 5) is 20.5. The highest BCUT2D eigenvalue weighted by molar-refractivity contribution is 9.10. The van der Waals surface area contributed by atoms with Gasteiger partial charge in [-0.25, -0.2) is 9.97 Å². The zero-order valence-corrected chi connectivity index (χ0v) is 12.8. The van der Waals surface area contributed by atoms with Gasteiger partial charge in [0.25, 0.3) is 0 Å². The fraction of sp³-hybridized carbons (Fsp3) is 0.0769. The van der Waals surface area contributed by atoms with Crippen molar-refractivity contribution in [1.82, 2.24) is 9.97 Å². The Bertz CT molecular complexity index is 676. The number of hydrogen-bond donors (Lipinski definition) is 1. The van der Waals surface area contributed by atoms with E-state index in [9.17, 15) is 4.79 Å². The van der Waals surface area contributed by atoms with Gasteiger partial charge < -0.3 is 5.21 Å². The summed E-state index contributed by atoms with van der Waals surface area (Å²) in [5.74, 6) is -0.403. The van der Waals surface area contributed by atoms with Crippen LogP contribution in [0.1, 0.15) is 16.1 Å². The lowest BCUT2D eigenvalue weighted by Crippen LogP contribution is -2.18. The third-order valence-corrected chi connectivity index (χ3v) is 3.52. The molecule has 0 amide bonds. The Morgan fingerprint density at radius 1 is 1.40 bits per heavy atom. The molecule has 2 rings (SSSR count). The molecule has 0 fully saturated rings. The van der Waals surface area contributed by atoms with Crippen LogP contribution in [0.2, 0.25) is 0 Å². The molecule has 1 N–H and O–H groups in total. The lowest BCUT2D eigenvalue weighted by atomic mass is 10.0. The van der Waals surface area contributed by atoms with Crippen molar-refractivity contribution in [3.05, 3.63) is 52.3 Å². The van der Waals surface area contributed by atoms with Gasteiger partial charge in [0.15, 0.2) is 10.9 Å². The maximum Gasteiger partial charge on any atom is 0.217 e. The van der Waals surface area contributed by atoms with Crippen LogP contribution >= 0.6 is 27.7 Å². The molecule has 0 aliphatic rings. The average molecular weight is 352 g/mol. The monoisotopic (exact) mass is 351 g/mol. The average Bonchev–Trinajstić information content (AvgIpc) is 2.48. The van der Waals surface area contributed by atoms with Gasteiger partial charge in [-0.3, -0.25) is 4.79 Å². The van der Waals surface area contributed by atoms with E-state index in [-0.39, 0.29) is 11.4 Å². The fourth-order valence-corrected chi connectivity index (χ4v) is 2.31. The molecule has 5 nitrogen and oxygen atoms in total. The van der Waals surface area contributed by atoms with Crippen molar-refractivity contribution >= 4 is 39.2 Å². The molecule has 2 aromatic rings. The SMILES string of the molecule is CSc1nccc(/C(=N\O)C(=O)c2cccc(Br)c2)n1. The molecule has 7 heteroatoms. The predicted molar refractivity (Wildman–Crippen MR) is 80.6 cm³/mol. The van der Waals surface area contributed by atoms with Crippen LogP contribution in [0.4, 0.5) is 0 Å². The van der Waals surface area contributed by atoms with Gasteiger partial charge in [0.1, 0.15) is 5.69 Å². The van der Waals surface area contributed by atoms with Crippen molar-refractivity contribution in [3.8, 4) is 0 Å². The molecule has 0 saturated carbocycles. The summed E-state index contributed by atoms with van der Waals surface area (Å²) in [5, 5.41) is 12.7. The summed E-state index contributed by atoms with van der Waals surface area (Å²) in [6, 6.07) is 8.38. The molecular formula is C13H10BrN3O2S. The number of halogens is 1. The molecule has 1 aromatic carbocycles. The lowest BCUT2D eigenvalue weighted by molar-refractivity contribution is 0.106. The summed E-state index contributed by atoms with van der Waals surface area (Å²) < 4.78 is 0.771. The Hall–Kier alpha value is -1.73. The van der Waals surface area contributed by atoms with E-state index in [0.29, 0.717) is 10.7 Å². The summed E-state index contributed by atoms with van der Waals surface area (Å²) in [6.07, 6.45) is 3.35. The molecule has 0 unspecified atom stereocenters. The lowest BCUT2D eigenvalue weighted by Gasteiger charge is -2.04. The molecular weight excluding hydrogens is 342 g/mol. The zero-order chi connectivity index (χ0) is 14.5. The molecule has 1 aromatic heterocycles. The number of ketones is 1. The van der Waals surface area contributed by atoms with Crippen LogP contribution in [-0.2, 0) is 0 Å². The molecule has 0 spiro atoms. The largest absolute Gasteiger partial charge is 0.410 e. The molecule has 0 saturated heterocycles. The number of benzene rings is 1. The van der Waals surface area contributed by atoms with E-state index in [2.05, 4.69) is 31.1 Å². The number of hydrogen-bond acceptors (Lipinski definition) is 6. The van der Waals surface area contributed by atoms with Crippen LogP contribution in [0.3, 0.4) is 0 Å². The van der Waals surface area contributed by atoms with E-state index in [1.807, 2.05) is 12.3 Å². The van der Waals surface area contributed by atoms with Crippen LogP contribution in [0.25, 0.3) is 0 Å². The smallest absolute Gasteiger partial charge is 0.217 e. The van der Waals surface area contributed by atoms with Crippen molar-refractivity contribution in [1.29, 1.82) is 0 Å².